The van der Waals surface area contributed by atoms with Crippen LogP contribution in [0.15, 0.2) is 41.6 Å². The number of halogens is 1. The minimum absolute atomic E-state index is 0.0629. The van der Waals surface area contributed by atoms with E-state index in [4.69, 9.17) is 0 Å². The van der Waals surface area contributed by atoms with Crippen molar-refractivity contribution in [1.29, 1.82) is 0 Å². The number of hydrogen-bond acceptors (Lipinski definition) is 4. The number of benzene rings is 1. The van der Waals surface area contributed by atoms with Crippen molar-refractivity contribution >= 4 is 16.9 Å². The molecule has 158 valence electrons. The summed E-state index contributed by atoms with van der Waals surface area (Å²) in [5, 5.41) is 7.62. The van der Waals surface area contributed by atoms with Gasteiger partial charge in [0.15, 0.2) is 5.65 Å². The number of amides is 1. The second kappa shape index (κ2) is 9.19. The van der Waals surface area contributed by atoms with E-state index < -0.39 is 0 Å². The zero-order valence-electron chi connectivity index (χ0n) is 16.9. The first kappa shape index (κ1) is 20.3. The molecule has 0 atom stereocenters. The van der Waals surface area contributed by atoms with Gasteiger partial charge < -0.3 is 5.32 Å². The summed E-state index contributed by atoms with van der Waals surface area (Å²) in [7, 11) is 0. The number of nitrogens with one attached hydrogen (secondary N) is 1. The Hall–Kier alpha value is -3.03. The zero-order chi connectivity index (χ0) is 20.9. The summed E-state index contributed by atoms with van der Waals surface area (Å²) in [6.45, 7) is 1.21. The Balaban J connectivity index is 1.35. The predicted molar refractivity (Wildman–Crippen MR) is 111 cm³/mol. The zero-order valence-corrected chi connectivity index (χ0v) is 16.9. The first-order chi connectivity index (χ1) is 14.6. The molecule has 1 amide bonds. The van der Waals surface area contributed by atoms with Crippen molar-refractivity contribution in [3.63, 3.8) is 0 Å². The molecule has 0 spiro atoms. The predicted octanol–water partition coefficient (Wildman–Crippen LogP) is 2.87. The van der Waals surface area contributed by atoms with E-state index in [9.17, 15) is 14.0 Å². The number of carbonyl (C=O) groups is 1. The molecule has 1 saturated carbocycles. The fourth-order valence-electron chi connectivity index (χ4n) is 4.08. The maximum Gasteiger partial charge on any atom is 0.264 e. The number of aromatic nitrogens is 4. The molecule has 0 aliphatic heterocycles. The summed E-state index contributed by atoms with van der Waals surface area (Å²) >= 11 is 0. The number of hydrogen-bond donors (Lipinski definition) is 1. The highest BCUT2D eigenvalue weighted by atomic mass is 19.1. The molecule has 2 heterocycles. The standard InChI is InChI=1S/C22H26FN5O2/c23-18-8-5-17(6-9-18)14-27-15-25-21-19(22(27)30)13-26-28(21)12-11-24-20(29)10-7-16-3-1-2-4-16/h5-6,8-9,13,15-16H,1-4,7,10-12,14H2,(H,24,29). The van der Waals surface area contributed by atoms with E-state index in [1.54, 1.807) is 16.8 Å². The van der Waals surface area contributed by atoms with E-state index in [-0.39, 0.29) is 17.3 Å². The minimum atomic E-state index is -0.313. The Morgan fingerprint density at radius 3 is 2.73 bits per heavy atom. The van der Waals surface area contributed by atoms with Gasteiger partial charge in [0.2, 0.25) is 5.91 Å². The molecular formula is C22H26FN5O2. The molecule has 0 saturated heterocycles. The first-order valence-corrected chi connectivity index (χ1v) is 10.5. The molecule has 1 aliphatic rings. The van der Waals surface area contributed by atoms with E-state index in [2.05, 4.69) is 15.4 Å². The molecule has 8 heteroatoms. The lowest BCUT2D eigenvalue weighted by atomic mass is 10.0. The van der Waals surface area contributed by atoms with Gasteiger partial charge in [0, 0.05) is 13.0 Å². The molecule has 1 N–H and O–H groups in total. The number of fused-ring (bicyclic) bond motifs is 1. The van der Waals surface area contributed by atoms with Crippen LogP contribution >= 0.6 is 0 Å². The minimum Gasteiger partial charge on any atom is -0.354 e. The number of nitrogens with zero attached hydrogens (tertiary/aromatic N) is 4. The maximum absolute atomic E-state index is 13.1. The van der Waals surface area contributed by atoms with E-state index in [1.165, 1.54) is 54.9 Å². The summed E-state index contributed by atoms with van der Waals surface area (Å²) in [5.74, 6) is 0.451. The van der Waals surface area contributed by atoms with Crippen LogP contribution in [0.25, 0.3) is 11.0 Å². The van der Waals surface area contributed by atoms with Crippen molar-refractivity contribution in [1.82, 2.24) is 24.6 Å². The van der Waals surface area contributed by atoms with Crippen molar-refractivity contribution in [2.75, 3.05) is 6.54 Å². The van der Waals surface area contributed by atoms with Gasteiger partial charge in [0.1, 0.15) is 17.5 Å². The highest BCUT2D eigenvalue weighted by Gasteiger charge is 2.16. The van der Waals surface area contributed by atoms with Gasteiger partial charge in [0.25, 0.3) is 5.56 Å². The summed E-state index contributed by atoms with van der Waals surface area (Å²) in [5.41, 5.74) is 1.11. The van der Waals surface area contributed by atoms with Crippen molar-refractivity contribution in [2.45, 2.75) is 51.6 Å². The molecular weight excluding hydrogens is 385 g/mol. The van der Waals surface area contributed by atoms with Gasteiger partial charge in [-0.1, -0.05) is 37.8 Å². The molecule has 30 heavy (non-hydrogen) atoms. The fraction of sp³-hybridized carbons (Fsp3) is 0.455. The number of rotatable bonds is 8. The first-order valence-electron chi connectivity index (χ1n) is 10.5. The van der Waals surface area contributed by atoms with Gasteiger partial charge in [-0.2, -0.15) is 5.10 Å². The van der Waals surface area contributed by atoms with Crippen LogP contribution in [0.3, 0.4) is 0 Å². The third-order valence-electron chi connectivity index (χ3n) is 5.79. The Bertz CT molecular complexity index is 1070. The lowest BCUT2D eigenvalue weighted by Crippen LogP contribution is -2.28. The molecule has 7 nitrogen and oxygen atoms in total. The van der Waals surface area contributed by atoms with Crippen LogP contribution < -0.4 is 10.9 Å². The molecule has 0 bridgehead atoms. The van der Waals surface area contributed by atoms with E-state index >= 15 is 0 Å². The van der Waals surface area contributed by atoms with Crippen LogP contribution in [0.1, 0.15) is 44.1 Å². The quantitative estimate of drug-likeness (QED) is 0.618. The normalized spacial score (nSPS) is 14.4. The molecule has 3 aromatic rings. The molecule has 2 aromatic heterocycles. The monoisotopic (exact) mass is 411 g/mol. The summed E-state index contributed by atoms with van der Waals surface area (Å²) in [6.07, 6.45) is 9.59. The largest absolute Gasteiger partial charge is 0.354 e. The Morgan fingerprint density at radius 2 is 1.97 bits per heavy atom. The number of carbonyl (C=O) groups excluding carboxylic acids is 1. The summed E-state index contributed by atoms with van der Waals surface area (Å²) in [6, 6.07) is 6.02. The van der Waals surface area contributed by atoms with Crippen LogP contribution in [-0.4, -0.2) is 31.8 Å². The van der Waals surface area contributed by atoms with Gasteiger partial charge in [0.05, 0.1) is 19.3 Å². The second-order valence-electron chi connectivity index (χ2n) is 7.95. The van der Waals surface area contributed by atoms with Gasteiger partial charge in [-0.25, -0.2) is 14.1 Å². The third kappa shape index (κ3) is 4.75. The smallest absolute Gasteiger partial charge is 0.264 e. The fourth-order valence-corrected chi connectivity index (χ4v) is 4.08. The second-order valence-corrected chi connectivity index (χ2v) is 7.95. The van der Waals surface area contributed by atoms with Crippen LogP contribution in [-0.2, 0) is 17.9 Å². The Morgan fingerprint density at radius 1 is 1.20 bits per heavy atom. The van der Waals surface area contributed by atoms with Crippen LogP contribution in [0, 0.1) is 11.7 Å². The Kier molecular flexibility index (Phi) is 6.21. The average molecular weight is 411 g/mol. The van der Waals surface area contributed by atoms with Crippen LogP contribution in [0.4, 0.5) is 4.39 Å². The van der Waals surface area contributed by atoms with Gasteiger partial charge in [-0.15, -0.1) is 0 Å². The molecule has 1 aromatic carbocycles. The van der Waals surface area contributed by atoms with Crippen molar-refractivity contribution in [3.05, 3.63) is 58.5 Å². The molecule has 1 fully saturated rings. The highest BCUT2D eigenvalue weighted by molar-refractivity contribution is 5.76. The van der Waals surface area contributed by atoms with E-state index in [0.717, 1.165) is 12.0 Å². The van der Waals surface area contributed by atoms with Crippen molar-refractivity contribution in [2.24, 2.45) is 5.92 Å². The Labute approximate surface area is 173 Å². The van der Waals surface area contributed by atoms with Crippen molar-refractivity contribution in [3.8, 4) is 0 Å². The van der Waals surface area contributed by atoms with Crippen molar-refractivity contribution < 1.29 is 9.18 Å². The van der Waals surface area contributed by atoms with Gasteiger partial charge >= 0.3 is 0 Å². The molecule has 0 radical (unpaired) electrons. The molecule has 4 rings (SSSR count). The maximum atomic E-state index is 13.1. The topological polar surface area (TPSA) is 81.8 Å². The lowest BCUT2D eigenvalue weighted by Gasteiger charge is -2.09. The molecule has 0 unspecified atom stereocenters. The molecule has 1 aliphatic carbocycles. The highest BCUT2D eigenvalue weighted by Crippen LogP contribution is 2.28. The van der Waals surface area contributed by atoms with E-state index in [0.29, 0.717) is 43.0 Å². The van der Waals surface area contributed by atoms with Gasteiger partial charge in [-0.05, 0) is 30.0 Å². The summed E-state index contributed by atoms with van der Waals surface area (Å²) in [4.78, 5) is 29.2. The van der Waals surface area contributed by atoms with Crippen LogP contribution in [0.2, 0.25) is 0 Å². The van der Waals surface area contributed by atoms with E-state index in [1.807, 2.05) is 0 Å². The van der Waals surface area contributed by atoms with Crippen LogP contribution in [0.5, 0.6) is 0 Å². The summed E-state index contributed by atoms with van der Waals surface area (Å²) < 4.78 is 16.2. The van der Waals surface area contributed by atoms with Gasteiger partial charge in [-0.3, -0.25) is 14.2 Å². The average Bonchev–Trinajstić information content (AvgIpc) is 3.40. The SMILES string of the molecule is O=C(CCC1CCCC1)NCCn1ncc2c(=O)n(Cc3ccc(F)cc3)cnc21. The third-order valence-corrected chi connectivity index (χ3v) is 5.79. The lowest BCUT2D eigenvalue weighted by molar-refractivity contribution is -0.121.